The van der Waals surface area contributed by atoms with Crippen LogP contribution < -0.4 is 0 Å². The molecule has 106 valence electrons. The predicted octanol–water partition coefficient (Wildman–Crippen LogP) is 5.15. The Hall–Kier alpha value is -1.57. The second-order valence-electron chi connectivity index (χ2n) is 4.50. The molecule has 2 heteroatoms. The quantitative estimate of drug-likeness (QED) is 0.545. The Labute approximate surface area is 117 Å². The topological polar surface area (TPSA) is 37.3 Å². The van der Waals surface area contributed by atoms with Crippen molar-refractivity contribution >= 4 is 12.0 Å². The summed E-state index contributed by atoms with van der Waals surface area (Å²) in [7, 11) is 0. The van der Waals surface area contributed by atoms with Crippen LogP contribution in [0.2, 0.25) is 0 Å². The third kappa shape index (κ3) is 12.7. The number of aliphatic carboxylic acids is 1. The summed E-state index contributed by atoms with van der Waals surface area (Å²) in [4.78, 5) is 10.1. The molecule has 0 saturated heterocycles. The number of hydrogen-bond acceptors (Lipinski definition) is 1. The van der Waals surface area contributed by atoms with E-state index in [1.54, 1.807) is 6.08 Å². The van der Waals surface area contributed by atoms with E-state index < -0.39 is 5.97 Å². The van der Waals surface area contributed by atoms with Gasteiger partial charge < -0.3 is 5.11 Å². The zero-order valence-corrected chi connectivity index (χ0v) is 12.1. The molecule has 0 bridgehead atoms. The molecule has 0 unspecified atom stereocenters. The third-order valence-electron chi connectivity index (χ3n) is 2.68. The first-order valence-corrected chi connectivity index (χ1v) is 7.16. The Morgan fingerprint density at radius 3 is 1.95 bits per heavy atom. The van der Waals surface area contributed by atoms with Crippen LogP contribution in [0.1, 0.15) is 57.9 Å². The minimum Gasteiger partial charge on any atom is -0.478 e. The van der Waals surface area contributed by atoms with Crippen molar-refractivity contribution in [3.8, 4) is 0 Å². The number of benzene rings is 1. The summed E-state index contributed by atoms with van der Waals surface area (Å²) in [6, 6.07) is 9.31. The average molecular weight is 262 g/mol. The van der Waals surface area contributed by atoms with Crippen molar-refractivity contribution < 1.29 is 9.90 Å². The fourth-order valence-electron chi connectivity index (χ4n) is 1.59. The van der Waals surface area contributed by atoms with E-state index in [2.05, 4.69) is 13.8 Å². The maximum atomic E-state index is 10.1. The van der Waals surface area contributed by atoms with Crippen molar-refractivity contribution in [2.24, 2.45) is 0 Å². The minimum absolute atomic E-state index is 0.898. The largest absolute Gasteiger partial charge is 0.478 e. The van der Waals surface area contributed by atoms with Gasteiger partial charge in [-0.25, -0.2) is 4.79 Å². The summed E-state index contributed by atoms with van der Waals surface area (Å²) >= 11 is 0. The molecule has 0 aliphatic carbocycles. The number of rotatable bonds is 7. The van der Waals surface area contributed by atoms with Gasteiger partial charge >= 0.3 is 5.97 Å². The average Bonchev–Trinajstić information content (AvgIpc) is 2.43. The lowest BCUT2D eigenvalue weighted by Gasteiger charge is -1.93. The predicted molar refractivity (Wildman–Crippen MR) is 82.2 cm³/mol. The van der Waals surface area contributed by atoms with Crippen LogP contribution >= 0.6 is 0 Å². The van der Waals surface area contributed by atoms with Crippen molar-refractivity contribution in [3.05, 3.63) is 42.0 Å². The molecule has 0 atom stereocenters. The van der Waals surface area contributed by atoms with E-state index in [-0.39, 0.29) is 0 Å². The third-order valence-corrected chi connectivity index (χ3v) is 2.68. The van der Waals surface area contributed by atoms with Crippen LogP contribution in [-0.2, 0) is 4.79 Å². The first kappa shape index (κ1) is 17.4. The molecule has 1 aromatic rings. The standard InChI is InChI=1S/C9H8O2.C8H18/c10-9(11)7-6-8-4-2-1-3-5-8;1-3-5-7-8-6-4-2/h1-7H,(H,10,11);3-8H2,1-2H3. The van der Waals surface area contributed by atoms with Crippen LogP contribution in [-0.4, -0.2) is 11.1 Å². The lowest BCUT2D eigenvalue weighted by Crippen LogP contribution is -1.85. The zero-order chi connectivity index (χ0) is 14.3. The number of unbranched alkanes of at least 4 members (excludes halogenated alkanes) is 5. The maximum Gasteiger partial charge on any atom is 0.328 e. The van der Waals surface area contributed by atoms with Gasteiger partial charge in [-0.2, -0.15) is 0 Å². The Morgan fingerprint density at radius 1 is 1.00 bits per heavy atom. The van der Waals surface area contributed by atoms with Crippen molar-refractivity contribution in [1.82, 2.24) is 0 Å². The van der Waals surface area contributed by atoms with Gasteiger partial charge in [-0.15, -0.1) is 0 Å². The van der Waals surface area contributed by atoms with E-state index in [9.17, 15) is 4.79 Å². The number of carbonyl (C=O) groups is 1. The fraction of sp³-hybridized carbons (Fsp3) is 0.471. The first-order valence-electron chi connectivity index (χ1n) is 7.16. The Balaban J connectivity index is 0.000000362. The van der Waals surface area contributed by atoms with Crippen molar-refractivity contribution in [1.29, 1.82) is 0 Å². The monoisotopic (exact) mass is 262 g/mol. The fourth-order valence-corrected chi connectivity index (χ4v) is 1.59. The number of carboxylic acids is 1. The molecule has 0 spiro atoms. The van der Waals surface area contributed by atoms with Gasteiger partial charge in [0.25, 0.3) is 0 Å². The van der Waals surface area contributed by atoms with Gasteiger partial charge in [-0.1, -0.05) is 82.7 Å². The molecule has 0 fully saturated rings. The summed E-state index contributed by atoms with van der Waals surface area (Å²) in [5, 5.41) is 8.29. The Morgan fingerprint density at radius 2 is 1.53 bits per heavy atom. The Kier molecular flexibility index (Phi) is 11.8. The van der Waals surface area contributed by atoms with Gasteiger partial charge in [-0.05, 0) is 11.6 Å². The van der Waals surface area contributed by atoms with Crippen LogP contribution in [0.4, 0.5) is 0 Å². The van der Waals surface area contributed by atoms with Gasteiger partial charge in [0.15, 0.2) is 0 Å². The van der Waals surface area contributed by atoms with Gasteiger partial charge in [0.1, 0.15) is 0 Å². The molecule has 0 aliphatic heterocycles. The van der Waals surface area contributed by atoms with Gasteiger partial charge in [-0.3, -0.25) is 0 Å². The van der Waals surface area contributed by atoms with Crippen LogP contribution in [0, 0.1) is 0 Å². The van der Waals surface area contributed by atoms with E-state index in [1.807, 2.05) is 30.3 Å². The molecule has 2 nitrogen and oxygen atoms in total. The summed E-state index contributed by atoms with van der Waals surface area (Å²) in [6.45, 7) is 4.51. The highest BCUT2D eigenvalue weighted by molar-refractivity contribution is 5.85. The van der Waals surface area contributed by atoms with Crippen molar-refractivity contribution in [2.75, 3.05) is 0 Å². The molecule has 0 aliphatic rings. The van der Waals surface area contributed by atoms with Gasteiger partial charge in [0, 0.05) is 6.08 Å². The molecular weight excluding hydrogens is 236 g/mol. The first-order chi connectivity index (χ1) is 9.20. The van der Waals surface area contributed by atoms with Gasteiger partial charge in [0.05, 0.1) is 0 Å². The molecular formula is C17H26O2. The van der Waals surface area contributed by atoms with Crippen molar-refractivity contribution in [2.45, 2.75) is 52.4 Å². The normalized spacial score (nSPS) is 10.0. The molecule has 0 aromatic heterocycles. The SMILES string of the molecule is CCCCCCCC.O=C(O)C=Cc1ccccc1. The second-order valence-corrected chi connectivity index (χ2v) is 4.50. The summed E-state index contributed by atoms with van der Waals surface area (Å²) in [5.74, 6) is -0.922. The van der Waals surface area contributed by atoms with E-state index >= 15 is 0 Å². The molecule has 19 heavy (non-hydrogen) atoms. The van der Waals surface area contributed by atoms with Crippen LogP contribution in [0.15, 0.2) is 36.4 Å². The van der Waals surface area contributed by atoms with Crippen LogP contribution in [0.3, 0.4) is 0 Å². The molecule has 0 heterocycles. The second kappa shape index (κ2) is 12.9. The van der Waals surface area contributed by atoms with Crippen LogP contribution in [0.5, 0.6) is 0 Å². The van der Waals surface area contributed by atoms with E-state index in [4.69, 9.17) is 5.11 Å². The molecule has 0 amide bonds. The zero-order valence-electron chi connectivity index (χ0n) is 12.1. The molecule has 1 aromatic carbocycles. The lowest BCUT2D eigenvalue weighted by molar-refractivity contribution is -0.131. The minimum atomic E-state index is -0.922. The Bertz CT molecular complexity index is 336. The molecule has 0 radical (unpaired) electrons. The van der Waals surface area contributed by atoms with Crippen LogP contribution in [0.25, 0.3) is 6.08 Å². The van der Waals surface area contributed by atoms with E-state index in [0.29, 0.717) is 0 Å². The lowest BCUT2D eigenvalue weighted by atomic mass is 10.1. The maximum absolute atomic E-state index is 10.1. The highest BCUT2D eigenvalue weighted by Crippen LogP contribution is 2.03. The van der Waals surface area contributed by atoms with Gasteiger partial charge in [0.2, 0.25) is 0 Å². The number of hydrogen-bond donors (Lipinski definition) is 1. The summed E-state index contributed by atoms with van der Waals surface area (Å²) in [6.07, 6.45) is 11.2. The van der Waals surface area contributed by atoms with E-state index in [0.717, 1.165) is 11.6 Å². The molecule has 1 N–H and O–H groups in total. The van der Waals surface area contributed by atoms with E-state index in [1.165, 1.54) is 38.5 Å². The summed E-state index contributed by atoms with van der Waals surface area (Å²) in [5.41, 5.74) is 0.898. The highest BCUT2D eigenvalue weighted by Gasteiger charge is 1.86. The smallest absolute Gasteiger partial charge is 0.328 e. The molecule has 0 saturated carbocycles. The van der Waals surface area contributed by atoms with Crippen molar-refractivity contribution in [3.63, 3.8) is 0 Å². The molecule has 1 rings (SSSR count). The number of carboxylic acid groups (broad SMARTS) is 1. The summed E-state index contributed by atoms with van der Waals surface area (Å²) < 4.78 is 0. The highest BCUT2D eigenvalue weighted by atomic mass is 16.4.